The summed E-state index contributed by atoms with van der Waals surface area (Å²) in [6.45, 7) is 23.1. The molecule has 1 aliphatic heterocycles. The molecule has 0 aromatic rings. The number of esters is 4. The van der Waals surface area contributed by atoms with E-state index in [9.17, 15) is 19.2 Å². The molecule has 0 radical (unpaired) electrons. The van der Waals surface area contributed by atoms with Crippen molar-refractivity contribution >= 4 is 23.9 Å². The van der Waals surface area contributed by atoms with Crippen LogP contribution in [0.2, 0.25) is 0 Å². The van der Waals surface area contributed by atoms with Crippen LogP contribution in [0.4, 0.5) is 0 Å². The molecule has 3 aliphatic rings. The Labute approximate surface area is 262 Å². The van der Waals surface area contributed by atoms with E-state index in [1.165, 1.54) is 19.9 Å². The molecule has 0 spiro atoms. The van der Waals surface area contributed by atoms with Crippen molar-refractivity contribution in [3.05, 3.63) is 23.8 Å². The van der Waals surface area contributed by atoms with Crippen molar-refractivity contribution in [2.45, 2.75) is 118 Å². The van der Waals surface area contributed by atoms with Gasteiger partial charge in [0, 0.05) is 38.4 Å². The molecule has 11 atom stereocenters. The van der Waals surface area contributed by atoms with Crippen LogP contribution in [-0.4, -0.2) is 73.2 Å². The Bertz CT molecular complexity index is 1120. The second-order valence-corrected chi connectivity index (χ2v) is 13.4. The van der Waals surface area contributed by atoms with Gasteiger partial charge in [-0.1, -0.05) is 40.7 Å². The lowest BCUT2D eigenvalue weighted by molar-refractivity contribution is -0.170. The van der Waals surface area contributed by atoms with Crippen molar-refractivity contribution in [2.24, 2.45) is 35.5 Å². The minimum Gasteiger partial charge on any atom is -0.462 e. The molecule has 3 fully saturated rings. The number of ether oxygens (including phenoxy) is 6. The van der Waals surface area contributed by atoms with Crippen LogP contribution in [-0.2, 0) is 47.6 Å². The van der Waals surface area contributed by atoms with Gasteiger partial charge in [0.25, 0.3) is 0 Å². The fraction of sp³-hybridized carbons (Fsp3) is 0.765. The van der Waals surface area contributed by atoms with Gasteiger partial charge in [-0.3, -0.25) is 14.4 Å². The van der Waals surface area contributed by atoms with E-state index < -0.39 is 59.9 Å². The summed E-state index contributed by atoms with van der Waals surface area (Å²) in [5.74, 6) is -3.04. The molecule has 0 aromatic carbocycles. The Hall–Kier alpha value is -2.72. The minimum atomic E-state index is -0.721. The molecule has 10 heteroatoms. The van der Waals surface area contributed by atoms with Crippen molar-refractivity contribution < 1.29 is 47.6 Å². The third-order valence-electron chi connectivity index (χ3n) is 9.55. The molecule has 0 bridgehead atoms. The Morgan fingerprint density at radius 1 is 1.00 bits per heavy atom. The number of hydrogen-bond donors (Lipinski definition) is 0. The summed E-state index contributed by atoms with van der Waals surface area (Å²) < 4.78 is 35.8. The Morgan fingerprint density at radius 2 is 1.61 bits per heavy atom. The highest BCUT2D eigenvalue weighted by molar-refractivity contribution is 5.83. The van der Waals surface area contributed by atoms with Gasteiger partial charge < -0.3 is 28.4 Å². The second kappa shape index (κ2) is 14.6. The fourth-order valence-electron chi connectivity index (χ4n) is 6.69. The third kappa shape index (κ3) is 8.30. The van der Waals surface area contributed by atoms with Gasteiger partial charge >= 0.3 is 23.9 Å². The number of hydrogen-bond acceptors (Lipinski definition) is 10. The highest BCUT2D eigenvalue weighted by atomic mass is 16.6. The van der Waals surface area contributed by atoms with Crippen LogP contribution < -0.4 is 0 Å². The van der Waals surface area contributed by atoms with E-state index in [1.54, 1.807) is 27.7 Å². The van der Waals surface area contributed by atoms with Crippen LogP contribution in [0.3, 0.4) is 0 Å². The standard InChI is InChI=1S/C34H52O10/c1-12-18(4)15-39-31-28-20(6)26(43-27(37)13-19(5)21(7)41-23(9)35)14-25(34(11)16-40-34)30(28)29(22(8)42-24(10)36)32(31)44-33(38)17(2)3/h13,17-18,21-22,25-26,28-32H,6,12,14-16H2,1-5,7-11H3/b19-13+/t18?,21?,22?,25-,26-,28+,29-,30+,31+,32+,34?/m1/s1. The van der Waals surface area contributed by atoms with Crippen molar-refractivity contribution in [1.29, 1.82) is 0 Å². The van der Waals surface area contributed by atoms with E-state index >= 15 is 0 Å². The smallest absolute Gasteiger partial charge is 0.331 e. The minimum absolute atomic E-state index is 0.138. The summed E-state index contributed by atoms with van der Waals surface area (Å²) in [6.07, 6.45) is -0.492. The van der Waals surface area contributed by atoms with Crippen LogP contribution in [0.1, 0.15) is 82.1 Å². The summed E-state index contributed by atoms with van der Waals surface area (Å²) >= 11 is 0. The van der Waals surface area contributed by atoms with Crippen molar-refractivity contribution in [2.75, 3.05) is 13.2 Å². The predicted octanol–water partition coefficient (Wildman–Crippen LogP) is 4.97. The molecule has 4 unspecified atom stereocenters. The van der Waals surface area contributed by atoms with E-state index in [-0.39, 0.29) is 35.6 Å². The zero-order valence-electron chi connectivity index (χ0n) is 28.0. The Morgan fingerprint density at radius 3 is 2.14 bits per heavy atom. The largest absolute Gasteiger partial charge is 0.462 e. The Balaban J connectivity index is 2.06. The average molecular weight is 621 g/mol. The molecule has 3 rings (SSSR count). The molecule has 1 heterocycles. The van der Waals surface area contributed by atoms with Gasteiger partial charge in [-0.05, 0) is 63.0 Å². The summed E-state index contributed by atoms with van der Waals surface area (Å²) in [4.78, 5) is 49.8. The molecule has 0 amide bonds. The van der Waals surface area contributed by atoms with Crippen LogP contribution in [0, 0.1) is 35.5 Å². The number of fused-ring (bicyclic) bond motifs is 1. The van der Waals surface area contributed by atoms with Crippen LogP contribution >= 0.6 is 0 Å². The molecule has 0 aromatic heterocycles. The summed E-state index contributed by atoms with van der Waals surface area (Å²) in [5.41, 5.74) is 0.710. The summed E-state index contributed by atoms with van der Waals surface area (Å²) in [7, 11) is 0. The molecule has 10 nitrogen and oxygen atoms in total. The molecular weight excluding hydrogens is 568 g/mol. The summed E-state index contributed by atoms with van der Waals surface area (Å²) in [6, 6.07) is 0. The van der Waals surface area contributed by atoms with Crippen molar-refractivity contribution in [3.63, 3.8) is 0 Å². The number of carbonyl (C=O) groups excluding carboxylic acids is 4. The van der Waals surface area contributed by atoms with Gasteiger partial charge in [-0.25, -0.2) is 4.79 Å². The van der Waals surface area contributed by atoms with E-state index in [0.29, 0.717) is 30.8 Å². The SMILES string of the molecule is C=C1[C@@H]2[C@H](OCC(C)CC)[C@@H](OC(=O)C(C)C)[C@H](C(C)OC(C)=O)[C@H]2[C@H](C2(C)CO2)C[C@H]1OC(=O)/C=C(\C)C(C)OC(C)=O. The van der Waals surface area contributed by atoms with Crippen LogP contribution in [0.5, 0.6) is 0 Å². The lowest BCUT2D eigenvalue weighted by Gasteiger charge is -2.45. The first-order chi connectivity index (χ1) is 20.5. The number of epoxide rings is 1. The topological polar surface area (TPSA) is 127 Å². The molecule has 44 heavy (non-hydrogen) atoms. The maximum absolute atomic E-state index is 13.2. The van der Waals surface area contributed by atoms with Gasteiger partial charge in [0.1, 0.15) is 30.5 Å². The second-order valence-electron chi connectivity index (χ2n) is 13.4. The van der Waals surface area contributed by atoms with Crippen LogP contribution in [0.15, 0.2) is 23.8 Å². The maximum Gasteiger partial charge on any atom is 0.331 e. The normalized spacial score (nSPS) is 33.6. The maximum atomic E-state index is 13.2. The van der Waals surface area contributed by atoms with Crippen molar-refractivity contribution in [1.82, 2.24) is 0 Å². The Kier molecular flexibility index (Phi) is 11.9. The van der Waals surface area contributed by atoms with Gasteiger partial charge in [-0.2, -0.15) is 0 Å². The van der Waals surface area contributed by atoms with E-state index in [0.717, 1.165) is 6.42 Å². The predicted molar refractivity (Wildman–Crippen MR) is 162 cm³/mol. The lowest BCUT2D eigenvalue weighted by Crippen LogP contribution is -2.48. The molecule has 2 aliphatic carbocycles. The first kappa shape index (κ1) is 35.8. The average Bonchev–Trinajstić information content (AvgIpc) is 3.59. The van der Waals surface area contributed by atoms with Gasteiger partial charge in [0.2, 0.25) is 0 Å². The fourth-order valence-corrected chi connectivity index (χ4v) is 6.69. The number of carbonyl (C=O) groups is 4. The van der Waals surface area contributed by atoms with E-state index in [2.05, 4.69) is 20.4 Å². The molecule has 1 saturated heterocycles. The zero-order valence-corrected chi connectivity index (χ0v) is 28.0. The van der Waals surface area contributed by atoms with E-state index in [4.69, 9.17) is 28.4 Å². The molecule has 2 saturated carbocycles. The summed E-state index contributed by atoms with van der Waals surface area (Å²) in [5, 5.41) is 0. The molecule has 248 valence electrons. The van der Waals surface area contributed by atoms with Gasteiger partial charge in [-0.15, -0.1) is 0 Å². The molecule has 0 N–H and O–H groups in total. The highest BCUT2D eigenvalue weighted by Crippen LogP contribution is 2.59. The van der Waals surface area contributed by atoms with Crippen LogP contribution in [0.25, 0.3) is 0 Å². The zero-order chi connectivity index (χ0) is 33.1. The third-order valence-corrected chi connectivity index (χ3v) is 9.55. The van der Waals surface area contributed by atoms with Gasteiger partial charge in [0.15, 0.2) is 0 Å². The van der Waals surface area contributed by atoms with Crippen molar-refractivity contribution in [3.8, 4) is 0 Å². The number of rotatable bonds is 13. The quantitative estimate of drug-likeness (QED) is 0.0915. The lowest BCUT2D eigenvalue weighted by atomic mass is 9.62. The van der Waals surface area contributed by atoms with E-state index in [1.807, 2.05) is 13.8 Å². The first-order valence-corrected chi connectivity index (χ1v) is 15.9. The first-order valence-electron chi connectivity index (χ1n) is 15.9. The monoisotopic (exact) mass is 620 g/mol. The van der Waals surface area contributed by atoms with Gasteiger partial charge in [0.05, 0.1) is 18.1 Å². The molecular formula is C34H52O10. The highest BCUT2D eigenvalue weighted by Gasteiger charge is 2.66.